The van der Waals surface area contributed by atoms with Crippen molar-refractivity contribution < 1.29 is 19.6 Å². The molecule has 0 fully saturated rings. The predicted octanol–water partition coefficient (Wildman–Crippen LogP) is 3.70. The summed E-state index contributed by atoms with van der Waals surface area (Å²) in [5.41, 5.74) is 1.21. The number of nitrogens with zero attached hydrogens (tertiary/aromatic N) is 1. The molecule has 0 radical (unpaired) electrons. The molecule has 0 aliphatic carbocycles. The largest absolute Gasteiger partial charge is 0.478 e. The van der Waals surface area contributed by atoms with Crippen LogP contribution in [0.4, 0.5) is 5.69 Å². The van der Waals surface area contributed by atoms with E-state index in [1.807, 2.05) is 0 Å². The van der Waals surface area contributed by atoms with Crippen LogP contribution in [0.1, 0.15) is 21.5 Å². The maximum Gasteiger partial charge on any atom is 0.339 e. The number of benzene rings is 2. The zero-order valence-corrected chi connectivity index (χ0v) is 11.5. The summed E-state index contributed by atoms with van der Waals surface area (Å²) in [7, 11) is 0. The normalized spacial score (nSPS) is 10.2. The van der Waals surface area contributed by atoms with Gasteiger partial charge in [0.15, 0.2) is 0 Å². The van der Waals surface area contributed by atoms with E-state index in [-0.39, 0.29) is 22.7 Å². The molecule has 2 rings (SSSR count). The van der Waals surface area contributed by atoms with Crippen LogP contribution in [0.2, 0.25) is 0 Å². The van der Waals surface area contributed by atoms with Gasteiger partial charge in [-0.15, -0.1) is 0 Å². The van der Waals surface area contributed by atoms with Gasteiger partial charge < -0.3 is 9.84 Å². The molecule has 0 aliphatic rings. The fourth-order valence-corrected chi connectivity index (χ4v) is 1.97. The van der Waals surface area contributed by atoms with Crippen LogP contribution in [0.5, 0.6) is 11.5 Å². The minimum Gasteiger partial charge on any atom is -0.478 e. The summed E-state index contributed by atoms with van der Waals surface area (Å²) in [6.07, 6.45) is 0. The molecule has 0 atom stereocenters. The van der Waals surface area contributed by atoms with Gasteiger partial charge in [-0.3, -0.25) is 10.1 Å². The Morgan fingerprint density at radius 2 is 1.95 bits per heavy atom. The maximum absolute atomic E-state index is 11.2. The van der Waals surface area contributed by atoms with Gasteiger partial charge in [-0.05, 0) is 37.1 Å². The first-order valence-electron chi connectivity index (χ1n) is 6.15. The molecule has 0 saturated carbocycles. The molecule has 0 aliphatic heterocycles. The van der Waals surface area contributed by atoms with Crippen LogP contribution < -0.4 is 4.74 Å². The minimum absolute atomic E-state index is 0.0131. The van der Waals surface area contributed by atoms with Gasteiger partial charge in [0.25, 0.3) is 5.69 Å². The van der Waals surface area contributed by atoms with Crippen LogP contribution in [-0.2, 0) is 0 Å². The summed E-state index contributed by atoms with van der Waals surface area (Å²) in [6.45, 7) is 3.42. The molecule has 108 valence electrons. The number of para-hydroxylation sites is 1. The van der Waals surface area contributed by atoms with Gasteiger partial charge >= 0.3 is 5.97 Å². The molecule has 0 spiro atoms. The fourth-order valence-electron chi connectivity index (χ4n) is 1.97. The van der Waals surface area contributed by atoms with E-state index in [2.05, 4.69) is 0 Å². The Balaban J connectivity index is 2.48. The van der Waals surface area contributed by atoms with Crippen LogP contribution in [0.25, 0.3) is 0 Å². The second-order valence-electron chi connectivity index (χ2n) is 4.62. The van der Waals surface area contributed by atoms with E-state index in [0.29, 0.717) is 11.1 Å². The van der Waals surface area contributed by atoms with Crippen LogP contribution in [-0.4, -0.2) is 16.0 Å². The van der Waals surface area contributed by atoms with Crippen molar-refractivity contribution in [3.63, 3.8) is 0 Å². The third-order valence-corrected chi connectivity index (χ3v) is 2.91. The van der Waals surface area contributed by atoms with E-state index >= 15 is 0 Å². The van der Waals surface area contributed by atoms with Crippen molar-refractivity contribution in [1.29, 1.82) is 0 Å². The number of rotatable bonds is 4. The number of aryl methyl sites for hydroxylation is 2. The highest BCUT2D eigenvalue weighted by molar-refractivity contribution is 5.91. The summed E-state index contributed by atoms with van der Waals surface area (Å²) >= 11 is 0. The van der Waals surface area contributed by atoms with Gasteiger partial charge in [-0.25, -0.2) is 4.79 Å². The molecule has 1 N–H and O–H groups in total. The molecule has 0 bridgehead atoms. The van der Waals surface area contributed by atoms with E-state index in [9.17, 15) is 20.0 Å². The van der Waals surface area contributed by atoms with Crippen molar-refractivity contribution in [1.82, 2.24) is 0 Å². The van der Waals surface area contributed by atoms with Gasteiger partial charge in [-0.2, -0.15) is 0 Å². The first-order valence-corrected chi connectivity index (χ1v) is 6.15. The average molecular weight is 287 g/mol. The molecule has 0 amide bonds. The molecule has 21 heavy (non-hydrogen) atoms. The monoisotopic (exact) mass is 287 g/mol. The highest BCUT2D eigenvalue weighted by Gasteiger charge is 2.16. The van der Waals surface area contributed by atoms with E-state index in [0.717, 1.165) is 0 Å². The van der Waals surface area contributed by atoms with Gasteiger partial charge in [0.2, 0.25) is 0 Å². The molecule has 0 aromatic heterocycles. The van der Waals surface area contributed by atoms with Crippen molar-refractivity contribution in [2.24, 2.45) is 0 Å². The number of non-ortho nitro benzene ring substituents is 1. The molecule has 0 saturated heterocycles. The number of ether oxygens (including phenoxy) is 1. The van der Waals surface area contributed by atoms with Crippen LogP contribution in [0.3, 0.4) is 0 Å². The lowest BCUT2D eigenvalue weighted by molar-refractivity contribution is -0.385. The van der Waals surface area contributed by atoms with Crippen molar-refractivity contribution in [3.05, 3.63) is 63.2 Å². The molecular weight excluding hydrogens is 274 g/mol. The fraction of sp³-hybridized carbons (Fsp3) is 0.133. The Kier molecular flexibility index (Phi) is 3.89. The summed E-state index contributed by atoms with van der Waals surface area (Å²) in [5.74, 6) is -0.695. The number of carbonyl (C=O) groups is 1. The van der Waals surface area contributed by atoms with Crippen LogP contribution in [0, 0.1) is 24.0 Å². The molecule has 2 aromatic rings. The van der Waals surface area contributed by atoms with Crippen molar-refractivity contribution >= 4 is 11.7 Å². The third kappa shape index (κ3) is 3.17. The van der Waals surface area contributed by atoms with Crippen molar-refractivity contribution in [2.45, 2.75) is 13.8 Å². The molecule has 0 heterocycles. The second kappa shape index (κ2) is 5.62. The number of hydrogen-bond acceptors (Lipinski definition) is 4. The SMILES string of the molecule is Cc1cc(Oc2c(C)cccc2C(=O)O)cc([N+](=O)[O-])c1. The zero-order chi connectivity index (χ0) is 15.6. The first-order chi connectivity index (χ1) is 9.88. The average Bonchev–Trinajstić information content (AvgIpc) is 2.40. The zero-order valence-electron chi connectivity index (χ0n) is 11.5. The van der Waals surface area contributed by atoms with Crippen molar-refractivity contribution in [2.75, 3.05) is 0 Å². The Hall–Kier alpha value is -2.89. The smallest absolute Gasteiger partial charge is 0.339 e. The summed E-state index contributed by atoms with van der Waals surface area (Å²) in [6, 6.07) is 9.06. The minimum atomic E-state index is -1.11. The number of nitro benzene ring substituents is 1. The molecule has 6 heteroatoms. The van der Waals surface area contributed by atoms with E-state index in [4.69, 9.17) is 4.74 Å². The second-order valence-corrected chi connectivity index (χ2v) is 4.62. The maximum atomic E-state index is 11.2. The third-order valence-electron chi connectivity index (χ3n) is 2.91. The van der Waals surface area contributed by atoms with E-state index in [1.165, 1.54) is 18.2 Å². The number of hydrogen-bond donors (Lipinski definition) is 1. The van der Waals surface area contributed by atoms with Gasteiger partial charge in [0, 0.05) is 6.07 Å². The first kappa shape index (κ1) is 14.5. The number of carboxylic acid groups (broad SMARTS) is 1. The van der Waals surface area contributed by atoms with E-state index in [1.54, 1.807) is 32.0 Å². The lowest BCUT2D eigenvalue weighted by Crippen LogP contribution is -2.02. The van der Waals surface area contributed by atoms with Crippen molar-refractivity contribution in [3.8, 4) is 11.5 Å². The summed E-state index contributed by atoms with van der Waals surface area (Å²) in [5, 5.41) is 20.0. The highest BCUT2D eigenvalue weighted by Crippen LogP contribution is 2.31. The Morgan fingerprint density at radius 1 is 1.24 bits per heavy atom. The Bertz CT molecular complexity index is 724. The quantitative estimate of drug-likeness (QED) is 0.684. The number of nitro groups is 1. The number of carboxylic acids is 1. The van der Waals surface area contributed by atoms with Gasteiger partial charge in [0.1, 0.15) is 17.1 Å². The molecule has 6 nitrogen and oxygen atoms in total. The Morgan fingerprint density at radius 3 is 2.57 bits per heavy atom. The predicted molar refractivity (Wildman–Crippen MR) is 76.0 cm³/mol. The van der Waals surface area contributed by atoms with Gasteiger partial charge in [0.05, 0.1) is 11.0 Å². The molecule has 2 aromatic carbocycles. The van der Waals surface area contributed by atoms with Crippen LogP contribution in [0.15, 0.2) is 36.4 Å². The number of aromatic carboxylic acids is 1. The Labute approximate surface area is 120 Å². The highest BCUT2D eigenvalue weighted by atomic mass is 16.6. The summed E-state index contributed by atoms with van der Waals surface area (Å²) < 4.78 is 5.59. The van der Waals surface area contributed by atoms with E-state index < -0.39 is 10.9 Å². The lowest BCUT2D eigenvalue weighted by atomic mass is 10.1. The molecule has 0 unspecified atom stereocenters. The van der Waals surface area contributed by atoms with Gasteiger partial charge in [-0.1, -0.05) is 12.1 Å². The topological polar surface area (TPSA) is 89.7 Å². The lowest BCUT2D eigenvalue weighted by Gasteiger charge is -2.12. The summed E-state index contributed by atoms with van der Waals surface area (Å²) in [4.78, 5) is 21.6. The standard InChI is InChI=1S/C15H13NO5/c1-9-6-11(16(19)20)8-12(7-9)21-14-10(2)4-3-5-13(14)15(17)18/h3-8H,1-2H3,(H,17,18). The molecular formula is C15H13NO5. The van der Waals surface area contributed by atoms with Crippen LogP contribution >= 0.6 is 0 Å².